The van der Waals surface area contributed by atoms with Crippen LogP contribution < -0.4 is 20.1 Å². The Morgan fingerprint density at radius 3 is 2.27 bits per heavy atom. The molecular weight excluding hydrogens is 575 g/mol. The number of fused-ring (bicyclic) bond motifs is 2. The van der Waals surface area contributed by atoms with Gasteiger partial charge in [-0.25, -0.2) is 9.18 Å². The largest absolute Gasteiger partial charge is 0.478 e. The maximum Gasteiger partial charge on any atom is 0.412 e. The second kappa shape index (κ2) is 13.3. The van der Waals surface area contributed by atoms with E-state index in [0.717, 1.165) is 16.7 Å². The van der Waals surface area contributed by atoms with Crippen LogP contribution in [0.2, 0.25) is 0 Å². The summed E-state index contributed by atoms with van der Waals surface area (Å²) in [6.45, 7) is 0.670. The molecular formula is C35H29FN4O5. The molecule has 0 aliphatic carbocycles. The van der Waals surface area contributed by atoms with Crippen molar-refractivity contribution >= 4 is 29.3 Å². The lowest BCUT2D eigenvalue weighted by molar-refractivity contribution is -0.109. The van der Waals surface area contributed by atoms with Gasteiger partial charge in [-0.15, -0.1) is 0 Å². The number of rotatable bonds is 11. The van der Waals surface area contributed by atoms with E-state index in [0.29, 0.717) is 22.9 Å². The molecule has 0 radical (unpaired) electrons. The van der Waals surface area contributed by atoms with Gasteiger partial charge in [0.1, 0.15) is 23.2 Å². The molecule has 1 aromatic heterocycles. The van der Waals surface area contributed by atoms with Crippen molar-refractivity contribution in [2.45, 2.75) is 19.2 Å². The molecule has 6 rings (SSSR count). The number of nitrogens with zero attached hydrogens (tertiary/aromatic N) is 2. The number of pyridine rings is 1. The molecule has 45 heavy (non-hydrogen) atoms. The first kappa shape index (κ1) is 29.3. The number of nitrogens with one attached hydrogen (secondary N) is 2. The minimum Gasteiger partial charge on any atom is -0.478 e. The number of amides is 3. The first-order valence-electron chi connectivity index (χ1n) is 14.4. The van der Waals surface area contributed by atoms with E-state index < -0.39 is 12.2 Å². The van der Waals surface area contributed by atoms with Crippen LogP contribution in [0.3, 0.4) is 0 Å². The molecule has 0 unspecified atom stereocenters. The average molecular weight is 605 g/mol. The third-order valence-electron chi connectivity index (χ3n) is 7.46. The summed E-state index contributed by atoms with van der Waals surface area (Å²) in [6, 6.07) is 28.8. The quantitative estimate of drug-likeness (QED) is 0.152. The Labute approximate surface area is 258 Å². The highest BCUT2D eigenvalue weighted by Gasteiger charge is 2.38. The van der Waals surface area contributed by atoms with Crippen LogP contribution in [0.4, 0.5) is 9.18 Å². The van der Waals surface area contributed by atoms with Gasteiger partial charge >= 0.3 is 6.09 Å². The van der Waals surface area contributed by atoms with Crippen molar-refractivity contribution in [3.8, 4) is 11.5 Å². The monoisotopic (exact) mass is 604 g/mol. The predicted octanol–water partition coefficient (Wildman–Crippen LogP) is 5.53. The van der Waals surface area contributed by atoms with Crippen LogP contribution in [-0.2, 0) is 17.9 Å². The standard InChI is InChI=1S/C35H29FN4O5/c36-26-15-13-23(14-16-26)20-40-21-28-29(34(40)42)33(44-31(24-8-3-1-4-9-24)25-10-5-2-6-11-25)30-27(12-7-17-38-30)32(28)45-35(43)39-19-18-37-22-41/h1-17,22,31H,18-21H2,(H,37,41)(H,39,43). The molecule has 1 aliphatic heterocycles. The van der Waals surface area contributed by atoms with Gasteiger partial charge in [0.05, 0.1) is 12.1 Å². The zero-order valence-corrected chi connectivity index (χ0v) is 24.1. The molecule has 3 amide bonds. The van der Waals surface area contributed by atoms with Crippen molar-refractivity contribution in [2.75, 3.05) is 13.1 Å². The lowest BCUT2D eigenvalue weighted by Crippen LogP contribution is -2.33. The number of hydrogen-bond donors (Lipinski definition) is 2. The molecule has 1 aliphatic rings. The Bertz CT molecular complexity index is 1800. The van der Waals surface area contributed by atoms with E-state index in [4.69, 9.17) is 9.47 Å². The van der Waals surface area contributed by atoms with Crippen LogP contribution >= 0.6 is 0 Å². The Hall–Kier alpha value is -5.77. The van der Waals surface area contributed by atoms with Gasteiger partial charge in [-0.2, -0.15) is 0 Å². The van der Waals surface area contributed by atoms with E-state index >= 15 is 0 Å². The SMILES string of the molecule is O=CNCCNC(=O)Oc1c2c(c(OC(c3ccccc3)c3ccccc3)c3ncccc13)C(=O)N(Cc1ccc(F)cc1)C2. The fraction of sp³-hybridized carbons (Fsp3) is 0.143. The molecule has 226 valence electrons. The lowest BCUT2D eigenvalue weighted by Gasteiger charge is -2.23. The van der Waals surface area contributed by atoms with E-state index in [-0.39, 0.29) is 55.0 Å². The molecule has 0 fully saturated rings. The molecule has 2 N–H and O–H groups in total. The Balaban J connectivity index is 1.47. The third-order valence-corrected chi connectivity index (χ3v) is 7.46. The Kier molecular flexibility index (Phi) is 8.63. The number of carbonyl (C=O) groups is 3. The van der Waals surface area contributed by atoms with Gasteiger partial charge in [-0.3, -0.25) is 14.6 Å². The highest BCUT2D eigenvalue weighted by atomic mass is 19.1. The smallest absolute Gasteiger partial charge is 0.412 e. The summed E-state index contributed by atoms with van der Waals surface area (Å²) in [5, 5.41) is 5.58. The van der Waals surface area contributed by atoms with E-state index in [9.17, 15) is 18.8 Å². The maximum absolute atomic E-state index is 14.2. The van der Waals surface area contributed by atoms with Gasteiger partial charge in [-0.05, 0) is 41.0 Å². The van der Waals surface area contributed by atoms with Gasteiger partial charge in [-0.1, -0.05) is 72.8 Å². The van der Waals surface area contributed by atoms with Gasteiger partial charge in [0.25, 0.3) is 5.91 Å². The number of benzene rings is 4. The number of halogens is 1. The fourth-order valence-electron chi connectivity index (χ4n) is 5.39. The summed E-state index contributed by atoms with van der Waals surface area (Å²) in [4.78, 5) is 43.9. The zero-order valence-electron chi connectivity index (χ0n) is 24.1. The van der Waals surface area contributed by atoms with Gasteiger partial charge < -0.3 is 25.0 Å². The van der Waals surface area contributed by atoms with Gasteiger partial charge in [0, 0.05) is 36.8 Å². The van der Waals surface area contributed by atoms with Crippen LogP contribution in [-0.4, -0.2) is 41.4 Å². The number of ether oxygens (including phenoxy) is 2. The van der Waals surface area contributed by atoms with Crippen molar-refractivity contribution in [3.63, 3.8) is 0 Å². The molecule has 4 aromatic carbocycles. The number of aromatic nitrogens is 1. The van der Waals surface area contributed by atoms with Crippen LogP contribution in [0.1, 0.15) is 38.7 Å². The first-order valence-corrected chi connectivity index (χ1v) is 14.4. The number of carbonyl (C=O) groups excluding carboxylic acids is 3. The summed E-state index contributed by atoms with van der Waals surface area (Å²) < 4.78 is 26.3. The average Bonchev–Trinajstić information content (AvgIpc) is 3.39. The molecule has 10 heteroatoms. The Morgan fingerprint density at radius 2 is 1.60 bits per heavy atom. The van der Waals surface area contributed by atoms with E-state index in [2.05, 4.69) is 15.6 Å². The molecule has 0 saturated heterocycles. The summed E-state index contributed by atoms with van der Waals surface area (Å²) in [6.07, 6.45) is 0.796. The summed E-state index contributed by atoms with van der Waals surface area (Å²) in [7, 11) is 0. The van der Waals surface area contributed by atoms with Crippen LogP contribution in [0.5, 0.6) is 11.5 Å². The second-order valence-electron chi connectivity index (χ2n) is 10.4. The van der Waals surface area contributed by atoms with Crippen molar-refractivity contribution in [3.05, 3.63) is 137 Å². The molecule has 0 bridgehead atoms. The van der Waals surface area contributed by atoms with Crippen molar-refractivity contribution in [1.82, 2.24) is 20.5 Å². The first-order chi connectivity index (χ1) is 22.0. The van der Waals surface area contributed by atoms with Crippen molar-refractivity contribution < 1.29 is 28.2 Å². The van der Waals surface area contributed by atoms with Crippen molar-refractivity contribution in [1.29, 1.82) is 0 Å². The molecule has 5 aromatic rings. The van der Waals surface area contributed by atoms with Crippen LogP contribution in [0.25, 0.3) is 10.9 Å². The maximum atomic E-state index is 14.2. The topological polar surface area (TPSA) is 110 Å². The molecule has 0 atom stereocenters. The molecule has 9 nitrogen and oxygen atoms in total. The molecule has 0 saturated carbocycles. The van der Waals surface area contributed by atoms with E-state index in [1.54, 1.807) is 35.4 Å². The minimum absolute atomic E-state index is 0.114. The highest BCUT2D eigenvalue weighted by molar-refractivity contribution is 6.09. The lowest BCUT2D eigenvalue weighted by atomic mass is 9.99. The highest BCUT2D eigenvalue weighted by Crippen LogP contribution is 2.46. The van der Waals surface area contributed by atoms with Crippen LogP contribution in [0, 0.1) is 5.82 Å². The second-order valence-corrected chi connectivity index (χ2v) is 10.4. The predicted molar refractivity (Wildman–Crippen MR) is 165 cm³/mol. The summed E-state index contributed by atoms with van der Waals surface area (Å²) >= 11 is 0. The normalized spacial score (nSPS) is 12.2. The molecule has 2 heterocycles. The van der Waals surface area contributed by atoms with E-state index in [1.807, 2.05) is 60.7 Å². The van der Waals surface area contributed by atoms with Gasteiger partial charge in [0.15, 0.2) is 5.75 Å². The van der Waals surface area contributed by atoms with Gasteiger partial charge in [0.2, 0.25) is 6.41 Å². The van der Waals surface area contributed by atoms with Crippen LogP contribution in [0.15, 0.2) is 103 Å². The van der Waals surface area contributed by atoms with E-state index in [1.165, 1.54) is 12.1 Å². The third kappa shape index (κ3) is 6.30. The zero-order chi connectivity index (χ0) is 31.2. The minimum atomic E-state index is -0.750. The Morgan fingerprint density at radius 1 is 0.911 bits per heavy atom. The summed E-state index contributed by atoms with van der Waals surface area (Å²) in [5.74, 6) is -0.252. The van der Waals surface area contributed by atoms with Crippen molar-refractivity contribution in [2.24, 2.45) is 0 Å². The summed E-state index contributed by atoms with van der Waals surface area (Å²) in [5.41, 5.74) is 3.55. The molecule has 0 spiro atoms. The fourth-order valence-corrected chi connectivity index (χ4v) is 5.39. The number of hydrogen-bond acceptors (Lipinski definition) is 6.